The largest absolute Gasteiger partial charge is 0.481 e. The summed E-state index contributed by atoms with van der Waals surface area (Å²) in [5.41, 5.74) is -0.0768. The number of rotatable bonds is 6. The molecule has 0 aliphatic rings. The molecule has 23 heavy (non-hydrogen) atoms. The van der Waals surface area contributed by atoms with Gasteiger partial charge in [0.2, 0.25) is 5.91 Å². The van der Waals surface area contributed by atoms with Crippen molar-refractivity contribution in [2.24, 2.45) is 0 Å². The Kier molecular flexibility index (Phi) is 5.19. The van der Waals surface area contributed by atoms with Crippen LogP contribution in [0, 0.1) is 5.82 Å². The molecule has 2 rings (SSSR count). The molecule has 7 nitrogen and oxygen atoms in total. The van der Waals surface area contributed by atoms with E-state index in [9.17, 15) is 18.8 Å². The van der Waals surface area contributed by atoms with E-state index in [0.29, 0.717) is 0 Å². The van der Waals surface area contributed by atoms with Crippen LogP contribution in [0.1, 0.15) is 6.42 Å². The average Bonchev–Trinajstić information content (AvgIpc) is 2.50. The van der Waals surface area contributed by atoms with Crippen LogP contribution in [0.15, 0.2) is 41.2 Å². The Bertz CT molecular complexity index is 788. The van der Waals surface area contributed by atoms with E-state index >= 15 is 0 Å². The lowest BCUT2D eigenvalue weighted by molar-refractivity contribution is -0.136. The van der Waals surface area contributed by atoms with Gasteiger partial charge in [0.1, 0.15) is 12.4 Å². The van der Waals surface area contributed by atoms with Crippen LogP contribution in [0.4, 0.5) is 4.39 Å². The second-order valence-electron chi connectivity index (χ2n) is 4.69. The molecule has 1 amide bonds. The van der Waals surface area contributed by atoms with E-state index < -0.39 is 23.3 Å². The van der Waals surface area contributed by atoms with E-state index in [2.05, 4.69) is 10.4 Å². The van der Waals surface area contributed by atoms with E-state index in [-0.39, 0.29) is 30.8 Å². The number of aliphatic carboxylic acids is 1. The first kappa shape index (κ1) is 16.3. The summed E-state index contributed by atoms with van der Waals surface area (Å²) >= 11 is 0. The fourth-order valence-electron chi connectivity index (χ4n) is 1.88. The summed E-state index contributed by atoms with van der Waals surface area (Å²) in [4.78, 5) is 33.8. The number of hydrogen-bond donors (Lipinski definition) is 2. The quantitative estimate of drug-likeness (QED) is 0.813. The number of nitrogens with zero attached hydrogens (tertiary/aromatic N) is 2. The maximum Gasteiger partial charge on any atom is 0.305 e. The molecule has 0 unspecified atom stereocenters. The Morgan fingerprint density at radius 2 is 1.96 bits per heavy atom. The van der Waals surface area contributed by atoms with Crippen LogP contribution in [0.2, 0.25) is 0 Å². The number of nitrogens with one attached hydrogen (secondary N) is 1. The molecule has 2 aromatic rings. The minimum absolute atomic E-state index is 0.0457. The lowest BCUT2D eigenvalue weighted by Crippen LogP contribution is -2.34. The molecule has 0 bridgehead atoms. The van der Waals surface area contributed by atoms with Crippen molar-refractivity contribution in [1.29, 1.82) is 0 Å². The van der Waals surface area contributed by atoms with Crippen molar-refractivity contribution in [2.75, 3.05) is 6.54 Å². The van der Waals surface area contributed by atoms with Crippen LogP contribution in [0.25, 0.3) is 11.3 Å². The highest BCUT2D eigenvalue weighted by molar-refractivity contribution is 5.76. The Balaban J connectivity index is 2.15. The first-order valence-electron chi connectivity index (χ1n) is 6.79. The summed E-state index contributed by atoms with van der Waals surface area (Å²) in [5.74, 6) is -2.08. The van der Waals surface area contributed by atoms with Crippen molar-refractivity contribution in [3.05, 3.63) is 52.6 Å². The van der Waals surface area contributed by atoms with Crippen molar-refractivity contribution in [3.63, 3.8) is 0 Å². The molecule has 0 aliphatic carbocycles. The van der Waals surface area contributed by atoms with Crippen LogP contribution in [-0.2, 0) is 16.1 Å². The molecule has 0 saturated heterocycles. The van der Waals surface area contributed by atoms with Crippen molar-refractivity contribution < 1.29 is 19.1 Å². The lowest BCUT2D eigenvalue weighted by atomic mass is 10.1. The third-order valence-corrected chi connectivity index (χ3v) is 2.97. The highest BCUT2D eigenvalue weighted by Gasteiger charge is 2.10. The fourth-order valence-corrected chi connectivity index (χ4v) is 1.88. The molecular weight excluding hydrogens is 305 g/mol. The van der Waals surface area contributed by atoms with E-state index in [0.717, 1.165) is 4.68 Å². The molecule has 8 heteroatoms. The predicted molar refractivity (Wildman–Crippen MR) is 79.2 cm³/mol. The van der Waals surface area contributed by atoms with Gasteiger partial charge in [-0.05, 0) is 18.2 Å². The van der Waals surface area contributed by atoms with Gasteiger partial charge in [-0.1, -0.05) is 12.1 Å². The van der Waals surface area contributed by atoms with Crippen molar-refractivity contribution in [3.8, 4) is 11.3 Å². The number of aromatic nitrogens is 2. The Hall–Kier alpha value is -3.03. The molecule has 1 aromatic heterocycles. The van der Waals surface area contributed by atoms with E-state index in [1.165, 1.54) is 30.3 Å². The molecule has 0 atom stereocenters. The van der Waals surface area contributed by atoms with E-state index in [1.807, 2.05) is 0 Å². The zero-order valence-electron chi connectivity index (χ0n) is 12.0. The maximum atomic E-state index is 13.8. The number of amides is 1. The Labute approximate surface area is 130 Å². The standard InChI is InChI=1S/C15H14FN3O4/c16-11-4-2-1-3-10(11)12-5-6-14(21)19(18-12)9-13(20)17-8-7-15(22)23/h1-6H,7-9H2,(H,17,20)(H,22,23). The van der Waals surface area contributed by atoms with E-state index in [4.69, 9.17) is 5.11 Å². The van der Waals surface area contributed by atoms with Crippen LogP contribution < -0.4 is 10.9 Å². The molecular formula is C15H14FN3O4. The second kappa shape index (κ2) is 7.30. The van der Waals surface area contributed by atoms with Gasteiger partial charge in [-0.25, -0.2) is 9.07 Å². The number of halogens is 1. The lowest BCUT2D eigenvalue weighted by Gasteiger charge is -2.08. The Morgan fingerprint density at radius 1 is 1.22 bits per heavy atom. The normalized spacial score (nSPS) is 10.3. The Morgan fingerprint density at radius 3 is 2.65 bits per heavy atom. The predicted octanol–water partition coefficient (Wildman–Crippen LogP) is 0.640. The highest BCUT2D eigenvalue weighted by atomic mass is 19.1. The summed E-state index contributed by atoms with van der Waals surface area (Å²) < 4.78 is 14.7. The van der Waals surface area contributed by atoms with Gasteiger partial charge in [0, 0.05) is 18.2 Å². The molecule has 0 fully saturated rings. The minimum atomic E-state index is -1.04. The summed E-state index contributed by atoms with van der Waals surface area (Å²) in [5, 5.41) is 14.8. The zero-order valence-corrected chi connectivity index (χ0v) is 12.0. The zero-order chi connectivity index (χ0) is 16.8. The van der Waals surface area contributed by atoms with Gasteiger partial charge in [-0.2, -0.15) is 5.10 Å². The fraction of sp³-hybridized carbons (Fsp3) is 0.200. The molecule has 0 radical (unpaired) electrons. The monoisotopic (exact) mass is 319 g/mol. The molecule has 2 N–H and O–H groups in total. The molecule has 1 aromatic carbocycles. The van der Waals surface area contributed by atoms with E-state index in [1.54, 1.807) is 6.07 Å². The number of benzene rings is 1. The maximum absolute atomic E-state index is 13.8. The topological polar surface area (TPSA) is 101 Å². The van der Waals surface area contributed by atoms with Gasteiger partial charge in [-0.3, -0.25) is 14.4 Å². The van der Waals surface area contributed by atoms with Crippen LogP contribution in [0.5, 0.6) is 0 Å². The molecule has 0 spiro atoms. The number of carbonyl (C=O) groups is 2. The summed E-state index contributed by atoms with van der Waals surface area (Å²) in [6.07, 6.45) is -0.219. The van der Waals surface area contributed by atoms with Crippen molar-refractivity contribution in [2.45, 2.75) is 13.0 Å². The third-order valence-electron chi connectivity index (χ3n) is 2.97. The minimum Gasteiger partial charge on any atom is -0.481 e. The molecule has 0 saturated carbocycles. The smallest absolute Gasteiger partial charge is 0.305 e. The van der Waals surface area contributed by atoms with Gasteiger partial charge < -0.3 is 10.4 Å². The van der Waals surface area contributed by atoms with Crippen molar-refractivity contribution in [1.82, 2.24) is 15.1 Å². The SMILES string of the molecule is O=C(O)CCNC(=O)Cn1nc(-c2ccccc2F)ccc1=O. The number of hydrogen-bond acceptors (Lipinski definition) is 4. The van der Waals surface area contributed by atoms with Crippen LogP contribution in [-0.4, -0.2) is 33.3 Å². The molecule has 120 valence electrons. The van der Waals surface area contributed by atoms with Crippen molar-refractivity contribution >= 4 is 11.9 Å². The number of carbonyl (C=O) groups excluding carboxylic acids is 1. The van der Waals surface area contributed by atoms with Crippen LogP contribution >= 0.6 is 0 Å². The first-order valence-corrected chi connectivity index (χ1v) is 6.79. The second-order valence-corrected chi connectivity index (χ2v) is 4.69. The summed E-state index contributed by atoms with van der Waals surface area (Å²) in [6.45, 7) is -0.420. The molecule has 0 aliphatic heterocycles. The van der Waals surface area contributed by atoms with Gasteiger partial charge in [0.15, 0.2) is 0 Å². The third kappa shape index (κ3) is 4.47. The van der Waals surface area contributed by atoms with Gasteiger partial charge in [0.25, 0.3) is 5.56 Å². The first-order chi connectivity index (χ1) is 11.0. The molecule has 1 heterocycles. The van der Waals surface area contributed by atoms with Gasteiger partial charge >= 0.3 is 5.97 Å². The van der Waals surface area contributed by atoms with Gasteiger partial charge in [-0.15, -0.1) is 0 Å². The van der Waals surface area contributed by atoms with Crippen LogP contribution in [0.3, 0.4) is 0 Å². The number of carboxylic acid groups (broad SMARTS) is 1. The highest BCUT2D eigenvalue weighted by Crippen LogP contribution is 2.18. The average molecular weight is 319 g/mol. The summed E-state index contributed by atoms with van der Waals surface area (Å²) in [6, 6.07) is 8.52. The van der Waals surface area contributed by atoms with Gasteiger partial charge in [0.05, 0.1) is 12.1 Å². The summed E-state index contributed by atoms with van der Waals surface area (Å²) in [7, 11) is 0. The number of carboxylic acids is 1.